The molecule has 1 unspecified atom stereocenters. The summed E-state index contributed by atoms with van der Waals surface area (Å²) in [6, 6.07) is 12.5. The number of nitrogens with one attached hydrogen (secondary N) is 1. The van der Waals surface area contributed by atoms with Crippen molar-refractivity contribution in [2.75, 3.05) is 12.3 Å². The van der Waals surface area contributed by atoms with Crippen LogP contribution >= 0.6 is 23.2 Å². The predicted molar refractivity (Wildman–Crippen MR) is 165 cm³/mol. The average Bonchev–Trinajstić information content (AvgIpc) is 3.20. The molecule has 0 aliphatic heterocycles. The summed E-state index contributed by atoms with van der Waals surface area (Å²) in [5, 5.41) is 5.18. The quantitative estimate of drug-likeness (QED) is 0.238. The average molecular weight is 619 g/mol. The molecular formula is C30H33Cl2N3O5S. The van der Waals surface area contributed by atoms with Crippen molar-refractivity contribution in [1.29, 1.82) is 0 Å². The number of rotatable bonds is 6. The molecule has 1 atom stereocenters. The smallest absolute Gasteiger partial charge is 0.419 e. The van der Waals surface area contributed by atoms with Gasteiger partial charge in [0, 0.05) is 61.4 Å². The highest BCUT2D eigenvalue weighted by molar-refractivity contribution is 7.84. The normalized spacial score (nSPS) is 12.9. The van der Waals surface area contributed by atoms with E-state index in [0.717, 1.165) is 10.9 Å². The van der Waals surface area contributed by atoms with E-state index in [1.54, 1.807) is 78.1 Å². The lowest BCUT2D eigenvalue weighted by Crippen LogP contribution is -2.34. The molecule has 0 saturated heterocycles. The minimum atomic E-state index is -1.31. The van der Waals surface area contributed by atoms with Crippen molar-refractivity contribution in [2.24, 2.45) is 0 Å². The molecule has 4 rings (SSSR count). The predicted octanol–water partition coefficient (Wildman–Crippen LogP) is 7.72. The van der Waals surface area contributed by atoms with Crippen LogP contribution in [0.3, 0.4) is 0 Å². The van der Waals surface area contributed by atoms with Gasteiger partial charge in [0.2, 0.25) is 0 Å². The van der Waals surface area contributed by atoms with Gasteiger partial charge in [-0.25, -0.2) is 14.6 Å². The maximum absolute atomic E-state index is 13.1. The van der Waals surface area contributed by atoms with Crippen LogP contribution in [-0.4, -0.2) is 49.4 Å². The maximum Gasteiger partial charge on any atom is 0.419 e. The fourth-order valence-corrected chi connectivity index (χ4v) is 5.62. The third-order valence-electron chi connectivity index (χ3n) is 5.80. The number of hydrogen-bond donors (Lipinski definition) is 1. The molecule has 11 heteroatoms. The van der Waals surface area contributed by atoms with Crippen molar-refractivity contribution in [3.63, 3.8) is 0 Å². The Kier molecular flexibility index (Phi) is 9.01. The SMILES string of the molecule is CC(C)(C)OC(=O)NCCS(=O)Cc1cc(-c2cn(C(=O)OC(C)(C)C)c3ccc(Cl)cc23)nc2cc(Cl)ccc12. The van der Waals surface area contributed by atoms with E-state index >= 15 is 0 Å². The van der Waals surface area contributed by atoms with E-state index in [1.165, 1.54) is 4.57 Å². The summed E-state index contributed by atoms with van der Waals surface area (Å²) < 4.78 is 25.4. The molecule has 0 aliphatic carbocycles. The molecule has 1 amide bonds. The summed E-state index contributed by atoms with van der Waals surface area (Å²) in [6.07, 6.45) is 0.596. The molecule has 0 spiro atoms. The molecule has 218 valence electrons. The third-order valence-corrected chi connectivity index (χ3v) is 7.57. The number of aromatic nitrogens is 2. The van der Waals surface area contributed by atoms with Gasteiger partial charge in [0.1, 0.15) is 11.2 Å². The van der Waals surface area contributed by atoms with E-state index < -0.39 is 34.2 Å². The van der Waals surface area contributed by atoms with Gasteiger partial charge in [0.15, 0.2) is 0 Å². The Morgan fingerprint density at radius 2 is 1.59 bits per heavy atom. The van der Waals surface area contributed by atoms with Gasteiger partial charge in [-0.15, -0.1) is 0 Å². The van der Waals surface area contributed by atoms with Crippen LogP contribution in [0.4, 0.5) is 9.59 Å². The number of benzene rings is 2. The molecule has 0 bridgehead atoms. The number of hydrogen-bond acceptors (Lipinski definition) is 6. The Hall–Kier alpha value is -3.14. The highest BCUT2D eigenvalue weighted by atomic mass is 35.5. The Balaban J connectivity index is 1.71. The molecule has 2 heterocycles. The molecule has 2 aromatic carbocycles. The minimum absolute atomic E-state index is 0.200. The number of carbonyl (C=O) groups is 2. The Morgan fingerprint density at radius 3 is 2.27 bits per heavy atom. The number of amides is 1. The van der Waals surface area contributed by atoms with Crippen molar-refractivity contribution in [3.05, 3.63) is 64.3 Å². The first kappa shape index (κ1) is 30.8. The highest BCUT2D eigenvalue weighted by Crippen LogP contribution is 2.35. The molecular weight excluding hydrogens is 585 g/mol. The highest BCUT2D eigenvalue weighted by Gasteiger charge is 2.23. The largest absolute Gasteiger partial charge is 0.444 e. The zero-order valence-electron chi connectivity index (χ0n) is 23.8. The zero-order chi connectivity index (χ0) is 30.1. The summed E-state index contributed by atoms with van der Waals surface area (Å²) in [5.41, 5.74) is 1.94. The number of nitrogens with zero attached hydrogens (tertiary/aromatic N) is 2. The van der Waals surface area contributed by atoms with Gasteiger partial charge >= 0.3 is 12.2 Å². The Bertz CT molecular complexity index is 1650. The van der Waals surface area contributed by atoms with Gasteiger partial charge in [-0.2, -0.15) is 0 Å². The standard InChI is InChI=1S/C30H33Cl2N3O5S/c1-29(2,3)39-27(36)33-11-12-41(38)17-18-13-24(34-25-15-20(32)7-9-21(18)25)23-16-35(28(37)40-30(4,5)6)26-10-8-19(31)14-22(23)26/h7-10,13-16H,11-12,17H2,1-6H3,(H,33,36). The van der Waals surface area contributed by atoms with Gasteiger partial charge in [-0.05, 0) is 83.5 Å². The number of carbonyl (C=O) groups excluding carboxylic acids is 2. The van der Waals surface area contributed by atoms with Crippen molar-refractivity contribution in [3.8, 4) is 11.3 Å². The Morgan fingerprint density at radius 1 is 0.927 bits per heavy atom. The van der Waals surface area contributed by atoms with E-state index in [4.69, 9.17) is 37.7 Å². The van der Waals surface area contributed by atoms with Gasteiger partial charge in [0.05, 0.1) is 16.7 Å². The number of alkyl carbamates (subject to hydrolysis) is 1. The maximum atomic E-state index is 13.1. The molecule has 0 saturated carbocycles. The van der Waals surface area contributed by atoms with E-state index in [2.05, 4.69) is 5.32 Å². The second kappa shape index (κ2) is 12.0. The molecule has 4 aromatic rings. The molecule has 2 aromatic heterocycles. The van der Waals surface area contributed by atoms with Crippen LogP contribution in [-0.2, 0) is 26.0 Å². The lowest BCUT2D eigenvalue weighted by Gasteiger charge is -2.19. The summed E-state index contributed by atoms with van der Waals surface area (Å²) in [4.78, 5) is 29.9. The number of halogens is 2. The van der Waals surface area contributed by atoms with Crippen LogP contribution in [0.1, 0.15) is 47.1 Å². The van der Waals surface area contributed by atoms with E-state index in [-0.39, 0.29) is 18.1 Å². The molecule has 1 N–H and O–H groups in total. The van der Waals surface area contributed by atoms with E-state index in [9.17, 15) is 13.8 Å². The van der Waals surface area contributed by atoms with Gasteiger partial charge in [-0.3, -0.25) is 8.78 Å². The molecule has 0 fully saturated rings. The van der Waals surface area contributed by atoms with Crippen LogP contribution in [0, 0.1) is 0 Å². The van der Waals surface area contributed by atoms with Gasteiger partial charge in [0.25, 0.3) is 0 Å². The lowest BCUT2D eigenvalue weighted by atomic mass is 10.0. The first-order valence-corrected chi connectivity index (χ1v) is 15.3. The van der Waals surface area contributed by atoms with Gasteiger partial charge < -0.3 is 14.8 Å². The molecule has 8 nitrogen and oxygen atoms in total. The number of ether oxygens (including phenoxy) is 2. The van der Waals surface area contributed by atoms with Crippen molar-refractivity contribution >= 4 is 68.0 Å². The van der Waals surface area contributed by atoms with Crippen LogP contribution < -0.4 is 5.32 Å². The van der Waals surface area contributed by atoms with Crippen LogP contribution in [0.15, 0.2) is 48.7 Å². The van der Waals surface area contributed by atoms with Gasteiger partial charge in [-0.1, -0.05) is 29.3 Å². The summed E-state index contributed by atoms with van der Waals surface area (Å²) in [5.74, 6) is 0.453. The molecule has 41 heavy (non-hydrogen) atoms. The number of fused-ring (bicyclic) bond motifs is 2. The van der Waals surface area contributed by atoms with Crippen LogP contribution in [0.25, 0.3) is 33.1 Å². The summed E-state index contributed by atoms with van der Waals surface area (Å²) in [6.45, 7) is 11.0. The van der Waals surface area contributed by atoms with Crippen molar-refractivity contribution < 1.29 is 23.3 Å². The van der Waals surface area contributed by atoms with E-state index in [1.807, 2.05) is 12.1 Å². The molecule has 0 radical (unpaired) electrons. The monoisotopic (exact) mass is 617 g/mol. The second-order valence-electron chi connectivity index (χ2n) is 11.6. The van der Waals surface area contributed by atoms with Crippen molar-refractivity contribution in [2.45, 2.75) is 58.5 Å². The summed E-state index contributed by atoms with van der Waals surface area (Å²) >= 11 is 12.7. The summed E-state index contributed by atoms with van der Waals surface area (Å²) in [7, 11) is -1.31. The van der Waals surface area contributed by atoms with E-state index in [0.29, 0.717) is 37.7 Å². The minimum Gasteiger partial charge on any atom is -0.444 e. The fourth-order valence-electron chi connectivity index (χ4n) is 4.23. The lowest BCUT2D eigenvalue weighted by molar-refractivity contribution is 0.0524. The van der Waals surface area contributed by atoms with Crippen LogP contribution in [0.2, 0.25) is 10.0 Å². The Labute approximate surface area is 251 Å². The topological polar surface area (TPSA) is 99.5 Å². The third kappa shape index (κ3) is 7.99. The zero-order valence-corrected chi connectivity index (χ0v) is 26.2. The van der Waals surface area contributed by atoms with Crippen molar-refractivity contribution in [1.82, 2.24) is 14.9 Å². The number of pyridine rings is 1. The first-order valence-electron chi connectivity index (χ1n) is 13.0. The fraction of sp³-hybridized carbons (Fsp3) is 0.367. The molecule has 0 aliphatic rings. The first-order chi connectivity index (χ1) is 19.1. The van der Waals surface area contributed by atoms with Crippen LogP contribution in [0.5, 0.6) is 0 Å². The second-order valence-corrected chi connectivity index (χ2v) is 14.0.